The van der Waals surface area contributed by atoms with E-state index in [4.69, 9.17) is 10.5 Å². The van der Waals surface area contributed by atoms with E-state index >= 15 is 0 Å². The zero-order chi connectivity index (χ0) is 26.1. The predicted octanol–water partition coefficient (Wildman–Crippen LogP) is 0.858. The summed E-state index contributed by atoms with van der Waals surface area (Å²) in [6.07, 6.45) is 1.95. The molecule has 1 heterocycles. The Kier molecular flexibility index (Phi) is 5.73. The Morgan fingerprint density at radius 2 is 1.78 bits per heavy atom. The second-order valence-electron chi connectivity index (χ2n) is 10.4. The van der Waals surface area contributed by atoms with Crippen molar-refractivity contribution in [1.29, 1.82) is 0 Å². The number of carbonyl (C=O) groups is 3. The number of rotatable bonds is 3. The van der Waals surface area contributed by atoms with Crippen LogP contribution in [-0.4, -0.2) is 81.8 Å². The summed E-state index contributed by atoms with van der Waals surface area (Å²) in [5.41, 5.74) is 3.59. The van der Waals surface area contributed by atoms with Crippen molar-refractivity contribution in [3.63, 3.8) is 0 Å². The summed E-state index contributed by atoms with van der Waals surface area (Å²) in [6, 6.07) is 2.22. The Hall–Kier alpha value is -3.21. The van der Waals surface area contributed by atoms with Gasteiger partial charge in [-0.1, -0.05) is 6.07 Å². The molecule has 1 saturated heterocycles. The molecule has 3 aliphatic carbocycles. The highest BCUT2D eigenvalue weighted by Crippen LogP contribution is 2.53. The van der Waals surface area contributed by atoms with Gasteiger partial charge in [0.2, 0.25) is 5.78 Å². The van der Waals surface area contributed by atoms with Crippen LogP contribution in [0.3, 0.4) is 0 Å². The minimum atomic E-state index is -2.63. The number of ketones is 2. The topological polar surface area (TPSA) is 171 Å². The first kappa shape index (κ1) is 24.5. The molecule has 1 aromatic carbocycles. The van der Waals surface area contributed by atoms with Gasteiger partial charge in [-0.2, -0.15) is 0 Å². The number of phenolic OH excluding ortho intramolecular Hbond substituents is 1. The minimum Gasteiger partial charge on any atom is -0.508 e. The summed E-state index contributed by atoms with van der Waals surface area (Å²) in [7, 11) is 3.16. The molecule has 10 nitrogen and oxygen atoms in total. The third kappa shape index (κ3) is 3.24. The first-order valence-electron chi connectivity index (χ1n) is 12.1. The second-order valence-corrected chi connectivity index (χ2v) is 10.4. The van der Waals surface area contributed by atoms with Crippen LogP contribution in [-0.2, 0) is 25.5 Å². The van der Waals surface area contributed by atoms with E-state index in [0.717, 1.165) is 24.0 Å². The van der Waals surface area contributed by atoms with E-state index in [1.54, 1.807) is 14.1 Å². The van der Waals surface area contributed by atoms with E-state index < -0.39 is 58.0 Å². The molecule has 1 aromatic rings. The number of aliphatic hydroxyl groups excluding tert-OH is 2. The Morgan fingerprint density at radius 3 is 2.39 bits per heavy atom. The molecule has 1 saturated carbocycles. The monoisotopic (exact) mass is 498 g/mol. The standard InChI is InChI=1S/C26H30N2O8/c1-28(2)20-15-10-12-9-14-13(11-5-7-36-8-6-11)3-4-16(29)18(14)21(30)17(12)23(32)26(15,35)24(33)19(22(20)31)25(27)34/h3-4,11-12,15,20,29-30,33,35H,5-10H2,1-2H3,(H2,27,34)/t12-,15-,20-,26-/m1/s1. The number of fused-ring (bicyclic) bond motifs is 3. The quantitative estimate of drug-likeness (QED) is 0.379. The lowest BCUT2D eigenvalue weighted by atomic mass is 9.57. The van der Waals surface area contributed by atoms with E-state index in [9.17, 15) is 34.8 Å². The van der Waals surface area contributed by atoms with Gasteiger partial charge in [0.15, 0.2) is 11.4 Å². The van der Waals surface area contributed by atoms with Crippen molar-refractivity contribution in [3.8, 4) is 5.75 Å². The number of amides is 1. The molecule has 36 heavy (non-hydrogen) atoms. The zero-order valence-corrected chi connectivity index (χ0v) is 20.2. The fourth-order valence-electron chi connectivity index (χ4n) is 6.66. The number of ether oxygens (including phenoxy) is 1. The number of benzene rings is 1. The highest BCUT2D eigenvalue weighted by atomic mass is 16.5. The first-order valence-corrected chi connectivity index (χ1v) is 12.1. The molecular weight excluding hydrogens is 468 g/mol. The number of carbonyl (C=O) groups excluding carboxylic acids is 3. The van der Waals surface area contributed by atoms with Gasteiger partial charge in [0.1, 0.15) is 22.8 Å². The molecule has 2 fully saturated rings. The van der Waals surface area contributed by atoms with Gasteiger partial charge >= 0.3 is 0 Å². The summed E-state index contributed by atoms with van der Waals surface area (Å²) in [5, 5.41) is 44.5. The molecule has 10 heteroatoms. The third-order valence-electron chi connectivity index (χ3n) is 8.30. The van der Waals surface area contributed by atoms with Gasteiger partial charge < -0.3 is 30.9 Å². The summed E-state index contributed by atoms with van der Waals surface area (Å²) < 4.78 is 5.48. The molecule has 0 unspecified atom stereocenters. The lowest BCUT2D eigenvalue weighted by Crippen LogP contribution is -2.65. The van der Waals surface area contributed by atoms with Crippen LogP contribution < -0.4 is 5.73 Å². The molecule has 0 aromatic heterocycles. The number of hydrogen-bond acceptors (Lipinski definition) is 9. The molecule has 0 bridgehead atoms. The molecule has 1 amide bonds. The first-order chi connectivity index (χ1) is 17.0. The maximum atomic E-state index is 13.8. The summed E-state index contributed by atoms with van der Waals surface area (Å²) >= 11 is 0. The van der Waals surface area contributed by atoms with E-state index in [1.165, 1.54) is 11.0 Å². The highest BCUT2D eigenvalue weighted by molar-refractivity contribution is 6.24. The van der Waals surface area contributed by atoms with Crippen LogP contribution in [0.15, 0.2) is 29.0 Å². The second kappa shape index (κ2) is 8.43. The SMILES string of the molecule is CN(C)[C@H]1C(=O)C(C(N)=O)=C(O)[C@]2(O)C(=O)C3=C(O)c4c(O)ccc(C5CCOCC5)c4C[C@@H]3C[C@H]12. The van der Waals surface area contributed by atoms with E-state index in [2.05, 4.69) is 0 Å². The Balaban J connectivity index is 1.70. The number of aromatic hydroxyl groups is 1. The van der Waals surface area contributed by atoms with Crippen LogP contribution in [0.1, 0.15) is 41.9 Å². The van der Waals surface area contributed by atoms with Gasteiger partial charge in [0.05, 0.1) is 11.6 Å². The Bertz CT molecular complexity index is 1240. The van der Waals surface area contributed by atoms with Crippen LogP contribution in [0.2, 0.25) is 0 Å². The van der Waals surface area contributed by atoms with Crippen LogP contribution in [0, 0.1) is 11.8 Å². The normalized spacial score (nSPS) is 30.8. The molecule has 4 atom stereocenters. The maximum absolute atomic E-state index is 13.8. The van der Waals surface area contributed by atoms with Crippen molar-refractivity contribution in [3.05, 3.63) is 45.7 Å². The van der Waals surface area contributed by atoms with Crippen molar-refractivity contribution in [2.75, 3.05) is 27.3 Å². The van der Waals surface area contributed by atoms with Crippen molar-refractivity contribution < 1.29 is 39.5 Å². The smallest absolute Gasteiger partial charge is 0.255 e. The molecule has 4 aliphatic rings. The van der Waals surface area contributed by atoms with Crippen LogP contribution in [0.4, 0.5) is 0 Å². The molecule has 0 spiro atoms. The van der Waals surface area contributed by atoms with E-state index in [1.807, 2.05) is 6.07 Å². The van der Waals surface area contributed by atoms with Crippen LogP contribution >= 0.6 is 0 Å². The lowest BCUT2D eigenvalue weighted by molar-refractivity contribution is -0.153. The summed E-state index contributed by atoms with van der Waals surface area (Å²) in [6.45, 7) is 1.20. The number of Topliss-reactive ketones (excluding diaryl/α,β-unsaturated/α-hetero) is 2. The average molecular weight is 499 g/mol. The molecule has 1 aliphatic heterocycles. The van der Waals surface area contributed by atoms with Crippen LogP contribution in [0.5, 0.6) is 5.75 Å². The number of nitrogens with zero attached hydrogens (tertiary/aromatic N) is 1. The van der Waals surface area contributed by atoms with Crippen molar-refractivity contribution in [2.45, 2.75) is 43.2 Å². The van der Waals surface area contributed by atoms with Gasteiger partial charge in [0, 0.05) is 24.7 Å². The van der Waals surface area contributed by atoms with E-state index in [0.29, 0.717) is 19.6 Å². The number of likely N-dealkylation sites (N-methyl/N-ethyl adjacent to an activating group) is 1. The molecule has 5 rings (SSSR count). The van der Waals surface area contributed by atoms with Crippen molar-refractivity contribution in [1.82, 2.24) is 4.90 Å². The van der Waals surface area contributed by atoms with Gasteiger partial charge in [-0.3, -0.25) is 19.3 Å². The largest absolute Gasteiger partial charge is 0.508 e. The van der Waals surface area contributed by atoms with Gasteiger partial charge in [0.25, 0.3) is 5.91 Å². The zero-order valence-electron chi connectivity index (χ0n) is 20.2. The van der Waals surface area contributed by atoms with E-state index in [-0.39, 0.29) is 29.2 Å². The fraction of sp³-hybridized carbons (Fsp3) is 0.500. The van der Waals surface area contributed by atoms with Gasteiger partial charge in [-0.15, -0.1) is 0 Å². The van der Waals surface area contributed by atoms with Gasteiger partial charge in [-0.05, 0) is 68.8 Å². The number of hydrogen-bond donors (Lipinski definition) is 5. The molecule has 192 valence electrons. The maximum Gasteiger partial charge on any atom is 0.255 e. The molecule has 0 radical (unpaired) electrons. The number of primary amides is 1. The Labute approximate surface area is 207 Å². The minimum absolute atomic E-state index is 0.0780. The lowest BCUT2D eigenvalue weighted by Gasteiger charge is -2.50. The van der Waals surface area contributed by atoms with Gasteiger partial charge in [-0.25, -0.2) is 0 Å². The summed E-state index contributed by atoms with van der Waals surface area (Å²) in [4.78, 5) is 40.5. The predicted molar refractivity (Wildman–Crippen MR) is 127 cm³/mol. The number of phenols is 1. The molecular formula is C26H30N2O8. The number of aliphatic hydroxyl groups is 3. The third-order valence-corrected chi connectivity index (χ3v) is 8.30. The fourth-order valence-corrected chi connectivity index (χ4v) is 6.66. The summed E-state index contributed by atoms with van der Waals surface area (Å²) in [5.74, 6) is -6.26. The highest BCUT2D eigenvalue weighted by Gasteiger charge is 2.64. The number of nitrogens with two attached hydrogens (primary N) is 1. The average Bonchev–Trinajstić information content (AvgIpc) is 2.81. The van der Waals surface area contributed by atoms with Crippen molar-refractivity contribution in [2.24, 2.45) is 17.6 Å². The van der Waals surface area contributed by atoms with Crippen molar-refractivity contribution >= 4 is 23.2 Å². The van der Waals surface area contributed by atoms with Crippen LogP contribution in [0.25, 0.3) is 5.76 Å². The molecule has 6 N–H and O–H groups in total. The Morgan fingerprint density at radius 1 is 1.11 bits per heavy atom.